The first-order valence-corrected chi connectivity index (χ1v) is 7.37. The Balaban J connectivity index is 2.33. The fourth-order valence-corrected chi connectivity index (χ4v) is 2.49. The van der Waals surface area contributed by atoms with Crippen LogP contribution in [0.5, 0.6) is 0 Å². The number of hydrogen-bond acceptors (Lipinski definition) is 3. The van der Waals surface area contributed by atoms with Crippen LogP contribution in [0.4, 0.5) is 0 Å². The molecule has 0 bridgehead atoms. The topological polar surface area (TPSA) is 62.2 Å². The summed E-state index contributed by atoms with van der Waals surface area (Å²) in [5, 5.41) is 13.4. The first-order chi connectivity index (χ1) is 10.0. The molecule has 2 N–H and O–H groups in total. The lowest BCUT2D eigenvalue weighted by Gasteiger charge is -2.21. The molecule has 2 aromatic rings. The number of nitrogens with one attached hydrogen (secondary N) is 1. The highest BCUT2D eigenvalue weighted by molar-refractivity contribution is 6.36. The molecule has 1 aromatic heterocycles. The highest BCUT2D eigenvalue weighted by Gasteiger charge is 2.19. The van der Waals surface area contributed by atoms with E-state index >= 15 is 0 Å². The second-order valence-corrected chi connectivity index (χ2v) is 5.74. The molecule has 1 atom stereocenters. The summed E-state index contributed by atoms with van der Waals surface area (Å²) in [6, 6.07) is 6.95. The van der Waals surface area contributed by atoms with Gasteiger partial charge in [0.1, 0.15) is 0 Å². The van der Waals surface area contributed by atoms with Crippen molar-refractivity contribution in [3.8, 4) is 0 Å². The van der Waals surface area contributed by atoms with Crippen LogP contribution in [0.2, 0.25) is 5.02 Å². The van der Waals surface area contributed by atoms with Crippen molar-refractivity contribution < 1.29 is 9.90 Å². The van der Waals surface area contributed by atoms with Crippen molar-refractivity contribution >= 4 is 28.4 Å². The van der Waals surface area contributed by atoms with Crippen molar-refractivity contribution in [2.75, 3.05) is 6.61 Å². The number of carbonyl (C=O) groups excluding carboxylic acids is 1. The molecular formula is C16H19ClN2O2. The van der Waals surface area contributed by atoms with Crippen LogP contribution < -0.4 is 5.32 Å². The number of benzene rings is 1. The summed E-state index contributed by atoms with van der Waals surface area (Å²) in [6.07, 6.45) is 2.17. The van der Waals surface area contributed by atoms with Gasteiger partial charge in [-0.05, 0) is 36.6 Å². The molecule has 5 heteroatoms. The van der Waals surface area contributed by atoms with E-state index in [1.165, 1.54) is 0 Å². The molecule has 0 saturated carbocycles. The number of aliphatic hydroxyl groups excluding tert-OH is 1. The van der Waals surface area contributed by atoms with Crippen LogP contribution >= 0.6 is 11.6 Å². The minimum atomic E-state index is -0.192. The fraction of sp³-hybridized carbons (Fsp3) is 0.375. The minimum Gasteiger partial charge on any atom is -0.396 e. The molecule has 0 spiro atoms. The molecule has 1 aromatic carbocycles. The van der Waals surface area contributed by atoms with Crippen molar-refractivity contribution in [2.45, 2.75) is 26.3 Å². The van der Waals surface area contributed by atoms with E-state index in [1.807, 2.05) is 19.9 Å². The molecule has 4 nitrogen and oxygen atoms in total. The van der Waals surface area contributed by atoms with E-state index in [0.717, 1.165) is 5.39 Å². The Labute approximate surface area is 129 Å². The molecular weight excluding hydrogens is 288 g/mol. The Morgan fingerprint density at radius 1 is 1.38 bits per heavy atom. The summed E-state index contributed by atoms with van der Waals surface area (Å²) in [5.74, 6) is 0.0511. The molecule has 0 aliphatic heterocycles. The van der Waals surface area contributed by atoms with Crippen LogP contribution in [0, 0.1) is 5.92 Å². The normalized spacial score (nSPS) is 12.6. The van der Waals surface area contributed by atoms with E-state index in [1.54, 1.807) is 24.4 Å². The van der Waals surface area contributed by atoms with Gasteiger partial charge in [-0.2, -0.15) is 0 Å². The van der Waals surface area contributed by atoms with E-state index in [-0.39, 0.29) is 24.5 Å². The molecule has 2 rings (SSSR count). The van der Waals surface area contributed by atoms with Crippen molar-refractivity contribution in [3.63, 3.8) is 0 Å². The van der Waals surface area contributed by atoms with E-state index in [4.69, 9.17) is 16.7 Å². The number of aromatic nitrogens is 1. The van der Waals surface area contributed by atoms with Crippen LogP contribution in [-0.2, 0) is 0 Å². The first-order valence-electron chi connectivity index (χ1n) is 6.99. The lowest BCUT2D eigenvalue weighted by molar-refractivity contribution is 0.0918. The minimum absolute atomic E-state index is 0.0444. The van der Waals surface area contributed by atoms with Gasteiger partial charge in [0.05, 0.1) is 16.1 Å². The number of aliphatic hydroxyl groups is 1. The number of pyridine rings is 1. The van der Waals surface area contributed by atoms with Crippen molar-refractivity contribution in [2.24, 2.45) is 5.92 Å². The summed E-state index contributed by atoms with van der Waals surface area (Å²) in [5.41, 5.74) is 1.09. The summed E-state index contributed by atoms with van der Waals surface area (Å²) >= 11 is 6.13. The van der Waals surface area contributed by atoms with Crippen LogP contribution in [0.25, 0.3) is 10.9 Å². The SMILES string of the molecule is CC(C)C(CCO)NC(=O)c1ccc(Cl)c2cccnc12. The maximum Gasteiger partial charge on any atom is 0.253 e. The number of fused-ring (bicyclic) bond motifs is 1. The van der Waals surface area contributed by atoms with Gasteiger partial charge in [0, 0.05) is 24.2 Å². The standard InChI is InChI=1S/C16H19ClN2O2/c1-10(2)14(7-9-20)19-16(21)12-5-6-13(17)11-4-3-8-18-15(11)12/h3-6,8,10,14,20H,7,9H2,1-2H3,(H,19,21). The highest BCUT2D eigenvalue weighted by atomic mass is 35.5. The molecule has 21 heavy (non-hydrogen) atoms. The Morgan fingerprint density at radius 2 is 2.14 bits per heavy atom. The first kappa shape index (κ1) is 15.7. The van der Waals surface area contributed by atoms with Gasteiger partial charge in [-0.15, -0.1) is 0 Å². The predicted octanol–water partition coefficient (Wildman–Crippen LogP) is 3.03. The second kappa shape index (κ2) is 6.87. The number of rotatable bonds is 5. The molecule has 1 amide bonds. The molecule has 112 valence electrons. The average molecular weight is 307 g/mol. The van der Waals surface area contributed by atoms with E-state index < -0.39 is 0 Å². The molecule has 0 saturated heterocycles. The lowest BCUT2D eigenvalue weighted by atomic mass is 10.0. The number of nitrogens with zero attached hydrogens (tertiary/aromatic N) is 1. The van der Waals surface area contributed by atoms with Gasteiger partial charge in [-0.3, -0.25) is 9.78 Å². The van der Waals surface area contributed by atoms with Crippen molar-refractivity contribution in [3.05, 3.63) is 41.0 Å². The predicted molar refractivity (Wildman–Crippen MR) is 84.5 cm³/mol. The van der Waals surface area contributed by atoms with Gasteiger partial charge in [-0.25, -0.2) is 0 Å². The molecule has 0 aliphatic rings. The van der Waals surface area contributed by atoms with Crippen LogP contribution in [-0.4, -0.2) is 28.6 Å². The quantitative estimate of drug-likeness (QED) is 0.892. The summed E-state index contributed by atoms with van der Waals surface area (Å²) in [4.78, 5) is 16.8. The third kappa shape index (κ3) is 3.52. The Morgan fingerprint density at radius 3 is 2.81 bits per heavy atom. The monoisotopic (exact) mass is 306 g/mol. The largest absolute Gasteiger partial charge is 0.396 e. The molecule has 0 aliphatic carbocycles. The lowest BCUT2D eigenvalue weighted by Crippen LogP contribution is -2.39. The van der Waals surface area contributed by atoms with E-state index in [2.05, 4.69) is 10.3 Å². The maximum atomic E-state index is 12.5. The number of hydrogen-bond donors (Lipinski definition) is 2. The number of carbonyl (C=O) groups is 1. The Bertz CT molecular complexity index is 643. The maximum absolute atomic E-state index is 12.5. The third-order valence-electron chi connectivity index (χ3n) is 3.52. The summed E-state index contributed by atoms with van der Waals surface area (Å²) in [6.45, 7) is 4.07. The Hall–Kier alpha value is -1.65. The van der Waals surface area contributed by atoms with E-state index in [0.29, 0.717) is 22.5 Å². The van der Waals surface area contributed by atoms with Gasteiger partial charge < -0.3 is 10.4 Å². The van der Waals surface area contributed by atoms with Crippen molar-refractivity contribution in [1.29, 1.82) is 0 Å². The highest BCUT2D eigenvalue weighted by Crippen LogP contribution is 2.25. The van der Waals surface area contributed by atoms with Gasteiger partial charge in [0.2, 0.25) is 0 Å². The Kier molecular flexibility index (Phi) is 5.15. The van der Waals surface area contributed by atoms with Gasteiger partial charge in [-0.1, -0.05) is 25.4 Å². The summed E-state index contributed by atoms with van der Waals surface area (Å²) < 4.78 is 0. The summed E-state index contributed by atoms with van der Waals surface area (Å²) in [7, 11) is 0. The number of amides is 1. The van der Waals surface area contributed by atoms with Gasteiger partial charge >= 0.3 is 0 Å². The molecule has 0 fully saturated rings. The average Bonchev–Trinajstić information content (AvgIpc) is 2.47. The molecule has 0 radical (unpaired) electrons. The molecule has 1 unspecified atom stereocenters. The van der Waals surface area contributed by atoms with Crippen LogP contribution in [0.1, 0.15) is 30.6 Å². The number of halogens is 1. The zero-order chi connectivity index (χ0) is 15.4. The van der Waals surface area contributed by atoms with Crippen LogP contribution in [0.3, 0.4) is 0 Å². The zero-order valence-electron chi connectivity index (χ0n) is 12.1. The second-order valence-electron chi connectivity index (χ2n) is 5.33. The van der Waals surface area contributed by atoms with Crippen molar-refractivity contribution in [1.82, 2.24) is 10.3 Å². The fourth-order valence-electron chi connectivity index (χ4n) is 2.28. The zero-order valence-corrected chi connectivity index (χ0v) is 12.9. The van der Waals surface area contributed by atoms with Gasteiger partial charge in [0.25, 0.3) is 5.91 Å². The molecule has 1 heterocycles. The smallest absolute Gasteiger partial charge is 0.253 e. The third-order valence-corrected chi connectivity index (χ3v) is 3.85. The van der Waals surface area contributed by atoms with Gasteiger partial charge in [0.15, 0.2) is 0 Å². The van der Waals surface area contributed by atoms with Crippen LogP contribution in [0.15, 0.2) is 30.5 Å². The van der Waals surface area contributed by atoms with E-state index in [9.17, 15) is 4.79 Å².